The van der Waals surface area contributed by atoms with Gasteiger partial charge in [0.1, 0.15) is 5.78 Å². The van der Waals surface area contributed by atoms with Crippen LogP contribution in [0.25, 0.3) is 0 Å². The van der Waals surface area contributed by atoms with Crippen LogP contribution in [0.1, 0.15) is 65.2 Å². The van der Waals surface area contributed by atoms with Crippen molar-refractivity contribution in [1.82, 2.24) is 0 Å². The van der Waals surface area contributed by atoms with Crippen molar-refractivity contribution < 1.29 is 4.79 Å². The fraction of sp³-hybridized carbons (Fsp3) is 0.786. The lowest BCUT2D eigenvalue weighted by molar-refractivity contribution is -0.127. The largest absolute Gasteiger partial charge is 0.299 e. The van der Waals surface area contributed by atoms with Crippen LogP contribution in [-0.2, 0) is 4.79 Å². The van der Waals surface area contributed by atoms with Gasteiger partial charge in [0.05, 0.1) is 12.1 Å². The summed E-state index contributed by atoms with van der Waals surface area (Å²) in [5, 5.41) is 17.4. The van der Waals surface area contributed by atoms with Crippen LogP contribution < -0.4 is 0 Å². The highest BCUT2D eigenvalue weighted by atomic mass is 16.1. The summed E-state index contributed by atoms with van der Waals surface area (Å²) >= 11 is 0. The number of carbonyl (C=O) groups is 1. The standard InChI is InChI=1S/C14H22N2O/c1-3-4-5-8-14(13(2)17,9-6-11-15)10-7-12-16/h3-10H2,1-2H3. The molecule has 0 N–H and O–H groups in total. The highest BCUT2D eigenvalue weighted by Crippen LogP contribution is 2.36. The van der Waals surface area contributed by atoms with Crippen LogP contribution in [0.5, 0.6) is 0 Å². The van der Waals surface area contributed by atoms with Gasteiger partial charge in [-0.15, -0.1) is 0 Å². The lowest BCUT2D eigenvalue weighted by Crippen LogP contribution is -2.29. The third kappa shape index (κ3) is 5.50. The Morgan fingerprint density at radius 1 is 1.06 bits per heavy atom. The van der Waals surface area contributed by atoms with Crippen LogP contribution in [0.15, 0.2) is 0 Å². The number of rotatable bonds is 9. The molecule has 0 amide bonds. The molecule has 3 nitrogen and oxygen atoms in total. The summed E-state index contributed by atoms with van der Waals surface area (Å²) in [5.41, 5.74) is -0.430. The molecule has 0 radical (unpaired) electrons. The predicted molar refractivity (Wildman–Crippen MR) is 67.0 cm³/mol. The molecule has 0 aromatic rings. The minimum Gasteiger partial charge on any atom is -0.299 e. The molecule has 94 valence electrons. The van der Waals surface area contributed by atoms with E-state index >= 15 is 0 Å². The van der Waals surface area contributed by atoms with Crippen molar-refractivity contribution in [2.45, 2.75) is 65.2 Å². The molecule has 17 heavy (non-hydrogen) atoms. The van der Waals surface area contributed by atoms with E-state index in [2.05, 4.69) is 19.1 Å². The molecule has 0 aromatic heterocycles. The summed E-state index contributed by atoms with van der Waals surface area (Å²) in [6, 6.07) is 4.22. The van der Waals surface area contributed by atoms with E-state index in [1.807, 2.05) is 0 Å². The van der Waals surface area contributed by atoms with Gasteiger partial charge in [-0.1, -0.05) is 26.2 Å². The lowest BCUT2D eigenvalue weighted by Gasteiger charge is -2.30. The molecule has 0 aliphatic heterocycles. The fourth-order valence-electron chi connectivity index (χ4n) is 2.21. The maximum Gasteiger partial charge on any atom is 0.136 e. The van der Waals surface area contributed by atoms with Crippen molar-refractivity contribution in [3.63, 3.8) is 0 Å². The van der Waals surface area contributed by atoms with Crippen LogP contribution >= 0.6 is 0 Å². The van der Waals surface area contributed by atoms with Gasteiger partial charge in [-0.25, -0.2) is 0 Å². The molecule has 0 atom stereocenters. The van der Waals surface area contributed by atoms with E-state index in [9.17, 15) is 4.79 Å². The summed E-state index contributed by atoms with van der Waals surface area (Å²) in [6.45, 7) is 3.72. The molecule has 0 heterocycles. The second-order valence-corrected chi connectivity index (χ2v) is 4.61. The summed E-state index contributed by atoms with van der Waals surface area (Å²) in [4.78, 5) is 11.9. The zero-order chi connectivity index (χ0) is 13.1. The average molecular weight is 234 g/mol. The second kappa shape index (κ2) is 8.76. The van der Waals surface area contributed by atoms with E-state index < -0.39 is 5.41 Å². The second-order valence-electron chi connectivity index (χ2n) is 4.61. The molecule has 0 fully saturated rings. The van der Waals surface area contributed by atoms with E-state index in [0.717, 1.165) is 25.7 Å². The van der Waals surface area contributed by atoms with Crippen molar-refractivity contribution in [2.24, 2.45) is 5.41 Å². The monoisotopic (exact) mass is 234 g/mol. The van der Waals surface area contributed by atoms with Gasteiger partial charge in [0.15, 0.2) is 0 Å². The van der Waals surface area contributed by atoms with Crippen LogP contribution in [0.2, 0.25) is 0 Å². The SMILES string of the molecule is CCCCCC(CCC#N)(CCC#N)C(C)=O. The average Bonchev–Trinajstić information content (AvgIpc) is 2.32. The molecular formula is C14H22N2O. The number of carbonyl (C=O) groups excluding carboxylic acids is 1. The zero-order valence-electron chi connectivity index (χ0n) is 11.0. The first kappa shape index (κ1) is 15.7. The minimum absolute atomic E-state index is 0.138. The van der Waals surface area contributed by atoms with Gasteiger partial charge in [0, 0.05) is 18.3 Å². The maximum atomic E-state index is 11.9. The summed E-state index contributed by atoms with van der Waals surface area (Å²) in [6.07, 6.45) is 6.05. The van der Waals surface area contributed by atoms with Crippen LogP contribution in [-0.4, -0.2) is 5.78 Å². The first-order valence-electron chi connectivity index (χ1n) is 6.38. The Morgan fingerprint density at radius 3 is 1.94 bits per heavy atom. The third-order valence-electron chi connectivity index (χ3n) is 3.44. The van der Waals surface area contributed by atoms with Crippen molar-refractivity contribution in [3.05, 3.63) is 0 Å². The molecule has 0 aromatic carbocycles. The third-order valence-corrected chi connectivity index (χ3v) is 3.44. The Bertz CT molecular complexity index is 291. The highest BCUT2D eigenvalue weighted by Gasteiger charge is 2.33. The summed E-state index contributed by atoms with van der Waals surface area (Å²) < 4.78 is 0. The Kier molecular flexibility index (Phi) is 8.07. The molecule has 0 aliphatic rings. The van der Waals surface area contributed by atoms with Crippen LogP contribution in [0, 0.1) is 28.1 Å². The molecule has 3 heteroatoms. The van der Waals surface area contributed by atoms with Gasteiger partial charge >= 0.3 is 0 Å². The number of hydrogen-bond donors (Lipinski definition) is 0. The Morgan fingerprint density at radius 2 is 1.59 bits per heavy atom. The first-order chi connectivity index (χ1) is 8.13. The minimum atomic E-state index is -0.430. The number of nitrogens with zero attached hydrogens (tertiary/aromatic N) is 2. The van der Waals surface area contributed by atoms with Crippen LogP contribution in [0.3, 0.4) is 0 Å². The number of nitriles is 2. The molecule has 0 bridgehead atoms. The zero-order valence-corrected chi connectivity index (χ0v) is 11.0. The Balaban J connectivity index is 4.64. The van der Waals surface area contributed by atoms with E-state index in [-0.39, 0.29) is 5.78 Å². The number of ketones is 1. The van der Waals surface area contributed by atoms with E-state index in [4.69, 9.17) is 10.5 Å². The van der Waals surface area contributed by atoms with Crippen molar-refractivity contribution in [2.75, 3.05) is 0 Å². The molecular weight excluding hydrogens is 212 g/mol. The first-order valence-corrected chi connectivity index (χ1v) is 6.38. The van der Waals surface area contributed by atoms with Gasteiger partial charge in [-0.05, 0) is 26.2 Å². The molecule has 0 unspecified atom stereocenters. The molecule has 0 aliphatic carbocycles. The van der Waals surface area contributed by atoms with Gasteiger partial charge < -0.3 is 0 Å². The van der Waals surface area contributed by atoms with Gasteiger partial charge in [-0.3, -0.25) is 4.79 Å². The number of unbranched alkanes of at least 4 members (excludes halogenated alkanes) is 2. The maximum absolute atomic E-state index is 11.9. The normalized spacial score (nSPS) is 10.6. The molecule has 0 saturated heterocycles. The van der Waals surface area contributed by atoms with Crippen molar-refractivity contribution in [1.29, 1.82) is 10.5 Å². The Hall–Kier alpha value is -1.35. The van der Waals surface area contributed by atoms with Gasteiger partial charge in [-0.2, -0.15) is 10.5 Å². The van der Waals surface area contributed by atoms with E-state index in [1.165, 1.54) is 0 Å². The fourth-order valence-corrected chi connectivity index (χ4v) is 2.21. The summed E-state index contributed by atoms with van der Waals surface area (Å²) in [7, 11) is 0. The van der Waals surface area contributed by atoms with E-state index in [1.54, 1.807) is 6.92 Å². The molecule has 0 saturated carbocycles. The molecule has 0 spiro atoms. The van der Waals surface area contributed by atoms with E-state index in [0.29, 0.717) is 25.7 Å². The highest BCUT2D eigenvalue weighted by molar-refractivity contribution is 5.82. The topological polar surface area (TPSA) is 64.7 Å². The smallest absolute Gasteiger partial charge is 0.136 e. The number of hydrogen-bond acceptors (Lipinski definition) is 3. The predicted octanol–water partition coefficient (Wildman–Crippen LogP) is 3.75. The Labute approximate surface area is 104 Å². The molecule has 0 rings (SSSR count). The van der Waals surface area contributed by atoms with Crippen molar-refractivity contribution >= 4 is 5.78 Å². The van der Waals surface area contributed by atoms with Crippen LogP contribution in [0.4, 0.5) is 0 Å². The lowest BCUT2D eigenvalue weighted by atomic mass is 9.72. The summed E-state index contributed by atoms with van der Waals surface area (Å²) in [5.74, 6) is 0.138. The van der Waals surface area contributed by atoms with Gasteiger partial charge in [0.2, 0.25) is 0 Å². The van der Waals surface area contributed by atoms with Gasteiger partial charge in [0.25, 0.3) is 0 Å². The van der Waals surface area contributed by atoms with Crippen molar-refractivity contribution in [3.8, 4) is 12.1 Å². The number of Topliss-reactive ketones (excluding diaryl/α,β-unsaturated/α-hetero) is 1. The quantitative estimate of drug-likeness (QED) is 0.571.